The van der Waals surface area contributed by atoms with Crippen molar-refractivity contribution in [1.82, 2.24) is 5.32 Å². The average Bonchev–Trinajstić information content (AvgIpc) is 2.38. The SMILES string of the molecule is CC1(C)C(O)CC1NC(=O)c1ccc(C(N)=O)cc1. The van der Waals surface area contributed by atoms with E-state index in [4.69, 9.17) is 5.73 Å². The Balaban J connectivity index is 2.03. The van der Waals surface area contributed by atoms with Crippen LogP contribution < -0.4 is 11.1 Å². The predicted molar refractivity (Wildman–Crippen MR) is 70.6 cm³/mol. The molecule has 1 aliphatic carbocycles. The number of primary amides is 1. The van der Waals surface area contributed by atoms with E-state index >= 15 is 0 Å². The minimum atomic E-state index is -0.518. The molecule has 1 aliphatic rings. The average molecular weight is 262 g/mol. The molecule has 19 heavy (non-hydrogen) atoms. The molecule has 5 nitrogen and oxygen atoms in total. The number of aliphatic hydroxyl groups is 1. The van der Waals surface area contributed by atoms with Gasteiger partial charge in [-0.1, -0.05) is 13.8 Å². The van der Waals surface area contributed by atoms with Gasteiger partial charge in [-0.15, -0.1) is 0 Å². The van der Waals surface area contributed by atoms with Crippen molar-refractivity contribution >= 4 is 11.8 Å². The summed E-state index contributed by atoms with van der Waals surface area (Å²) in [7, 11) is 0. The number of nitrogens with one attached hydrogen (secondary N) is 1. The zero-order chi connectivity index (χ0) is 14.2. The Morgan fingerprint density at radius 3 is 2.21 bits per heavy atom. The largest absolute Gasteiger partial charge is 0.392 e. The standard InChI is InChI=1S/C14H18N2O3/c1-14(2)10(7-11(14)17)16-13(19)9-5-3-8(4-6-9)12(15)18/h3-6,10-11,17H,7H2,1-2H3,(H2,15,18)(H,16,19). The zero-order valence-electron chi connectivity index (χ0n) is 11.0. The Morgan fingerprint density at radius 1 is 1.26 bits per heavy atom. The van der Waals surface area contributed by atoms with E-state index in [-0.39, 0.29) is 23.5 Å². The van der Waals surface area contributed by atoms with Gasteiger partial charge in [-0.25, -0.2) is 0 Å². The summed E-state index contributed by atoms with van der Waals surface area (Å²) in [6, 6.07) is 6.15. The van der Waals surface area contributed by atoms with Crippen LogP contribution in [0.2, 0.25) is 0 Å². The lowest BCUT2D eigenvalue weighted by atomic mass is 9.64. The van der Waals surface area contributed by atoms with Crippen molar-refractivity contribution in [2.45, 2.75) is 32.4 Å². The van der Waals surface area contributed by atoms with E-state index in [1.807, 2.05) is 13.8 Å². The zero-order valence-corrected chi connectivity index (χ0v) is 11.0. The molecule has 0 aliphatic heterocycles. The molecule has 0 spiro atoms. The highest BCUT2D eigenvalue weighted by molar-refractivity contribution is 5.97. The lowest BCUT2D eigenvalue weighted by Crippen LogP contribution is -2.61. The first-order valence-corrected chi connectivity index (χ1v) is 6.21. The summed E-state index contributed by atoms with van der Waals surface area (Å²) in [4.78, 5) is 22.9. The first-order chi connectivity index (χ1) is 8.82. The number of hydrogen-bond donors (Lipinski definition) is 3. The minimum absolute atomic E-state index is 0.0363. The third-order valence-corrected chi connectivity index (χ3v) is 3.95. The monoisotopic (exact) mass is 262 g/mol. The first-order valence-electron chi connectivity index (χ1n) is 6.21. The molecule has 0 saturated heterocycles. The molecule has 5 heteroatoms. The second-order valence-electron chi connectivity index (χ2n) is 5.54. The third kappa shape index (κ3) is 2.46. The topological polar surface area (TPSA) is 92.4 Å². The molecule has 2 rings (SSSR count). The number of carbonyl (C=O) groups excluding carboxylic acids is 2. The van der Waals surface area contributed by atoms with Crippen molar-refractivity contribution in [3.8, 4) is 0 Å². The second-order valence-corrected chi connectivity index (χ2v) is 5.54. The molecular formula is C14H18N2O3. The fourth-order valence-electron chi connectivity index (χ4n) is 2.17. The number of hydrogen-bond acceptors (Lipinski definition) is 3. The van der Waals surface area contributed by atoms with Crippen molar-refractivity contribution in [2.24, 2.45) is 11.1 Å². The van der Waals surface area contributed by atoms with Crippen LogP contribution in [0.4, 0.5) is 0 Å². The van der Waals surface area contributed by atoms with Gasteiger partial charge in [0, 0.05) is 22.6 Å². The van der Waals surface area contributed by atoms with E-state index in [9.17, 15) is 14.7 Å². The highest BCUT2D eigenvalue weighted by Crippen LogP contribution is 2.40. The second kappa shape index (κ2) is 4.66. The Morgan fingerprint density at radius 2 is 1.79 bits per heavy atom. The summed E-state index contributed by atoms with van der Waals surface area (Å²) in [5.74, 6) is -0.726. The van der Waals surface area contributed by atoms with Crippen LogP contribution in [0.25, 0.3) is 0 Å². The van der Waals surface area contributed by atoms with Crippen LogP contribution in [0.3, 0.4) is 0 Å². The van der Waals surface area contributed by atoms with Gasteiger partial charge in [0.25, 0.3) is 5.91 Å². The number of amides is 2. The molecule has 1 aromatic rings. The van der Waals surface area contributed by atoms with Gasteiger partial charge in [0.05, 0.1) is 6.10 Å². The van der Waals surface area contributed by atoms with Crippen LogP contribution in [-0.4, -0.2) is 29.1 Å². The highest BCUT2D eigenvalue weighted by Gasteiger charge is 2.47. The van der Waals surface area contributed by atoms with Crippen LogP contribution in [-0.2, 0) is 0 Å². The van der Waals surface area contributed by atoms with Gasteiger partial charge in [-0.3, -0.25) is 9.59 Å². The summed E-state index contributed by atoms with van der Waals surface area (Å²) < 4.78 is 0. The molecule has 2 amide bonds. The Bertz CT molecular complexity index is 508. The smallest absolute Gasteiger partial charge is 0.251 e. The van der Waals surface area contributed by atoms with Crippen molar-refractivity contribution in [1.29, 1.82) is 0 Å². The predicted octanol–water partition coefficient (Wildman–Crippen LogP) is 0.675. The summed E-state index contributed by atoms with van der Waals surface area (Å²) in [5, 5.41) is 12.5. The van der Waals surface area contributed by atoms with E-state index in [0.717, 1.165) is 0 Å². The molecular weight excluding hydrogens is 244 g/mol. The molecule has 2 atom stereocenters. The van der Waals surface area contributed by atoms with E-state index < -0.39 is 5.91 Å². The van der Waals surface area contributed by atoms with Crippen LogP contribution in [0.15, 0.2) is 24.3 Å². The van der Waals surface area contributed by atoms with Gasteiger partial charge >= 0.3 is 0 Å². The van der Waals surface area contributed by atoms with E-state index in [0.29, 0.717) is 17.5 Å². The summed E-state index contributed by atoms with van der Waals surface area (Å²) in [6.07, 6.45) is 0.188. The van der Waals surface area contributed by atoms with E-state index in [1.165, 1.54) is 12.1 Å². The van der Waals surface area contributed by atoms with Gasteiger partial charge in [-0.05, 0) is 30.7 Å². The summed E-state index contributed by atoms with van der Waals surface area (Å²) >= 11 is 0. The maximum absolute atomic E-state index is 12.0. The number of rotatable bonds is 3. The summed E-state index contributed by atoms with van der Waals surface area (Å²) in [6.45, 7) is 3.84. The van der Waals surface area contributed by atoms with Crippen LogP contribution in [0.5, 0.6) is 0 Å². The lowest BCUT2D eigenvalue weighted by molar-refractivity contribution is -0.0689. The van der Waals surface area contributed by atoms with Crippen molar-refractivity contribution in [3.63, 3.8) is 0 Å². The third-order valence-electron chi connectivity index (χ3n) is 3.95. The highest BCUT2D eigenvalue weighted by atomic mass is 16.3. The molecule has 2 unspecified atom stereocenters. The van der Waals surface area contributed by atoms with E-state index in [2.05, 4.69) is 5.32 Å². The van der Waals surface area contributed by atoms with Crippen LogP contribution in [0.1, 0.15) is 41.0 Å². The Kier molecular flexibility index (Phi) is 3.32. The van der Waals surface area contributed by atoms with Crippen molar-refractivity contribution in [3.05, 3.63) is 35.4 Å². The molecule has 1 fully saturated rings. The number of carbonyl (C=O) groups is 2. The molecule has 102 valence electrons. The summed E-state index contributed by atoms with van der Waals surface area (Å²) in [5.41, 5.74) is 5.68. The minimum Gasteiger partial charge on any atom is -0.392 e. The van der Waals surface area contributed by atoms with Gasteiger partial charge < -0.3 is 16.2 Å². The Labute approximate surface area is 111 Å². The van der Waals surface area contributed by atoms with Crippen LogP contribution in [0, 0.1) is 5.41 Å². The van der Waals surface area contributed by atoms with Gasteiger partial charge in [-0.2, -0.15) is 0 Å². The normalized spacial score (nSPS) is 24.4. The molecule has 0 heterocycles. The number of aliphatic hydroxyl groups excluding tert-OH is 1. The van der Waals surface area contributed by atoms with E-state index in [1.54, 1.807) is 12.1 Å². The molecule has 4 N–H and O–H groups in total. The molecule has 0 bridgehead atoms. The fraction of sp³-hybridized carbons (Fsp3) is 0.429. The first kappa shape index (κ1) is 13.5. The maximum atomic E-state index is 12.0. The quantitative estimate of drug-likeness (QED) is 0.747. The van der Waals surface area contributed by atoms with Crippen LogP contribution >= 0.6 is 0 Å². The van der Waals surface area contributed by atoms with Crippen molar-refractivity contribution in [2.75, 3.05) is 0 Å². The molecule has 1 saturated carbocycles. The molecule has 0 aromatic heterocycles. The molecule has 1 aromatic carbocycles. The van der Waals surface area contributed by atoms with Gasteiger partial charge in [0.2, 0.25) is 5.91 Å². The lowest BCUT2D eigenvalue weighted by Gasteiger charge is -2.49. The van der Waals surface area contributed by atoms with Gasteiger partial charge in [0.15, 0.2) is 0 Å². The van der Waals surface area contributed by atoms with Crippen molar-refractivity contribution < 1.29 is 14.7 Å². The molecule has 0 radical (unpaired) electrons. The van der Waals surface area contributed by atoms with Gasteiger partial charge in [0.1, 0.15) is 0 Å². The Hall–Kier alpha value is -1.88. The number of nitrogens with two attached hydrogens (primary N) is 1. The number of benzene rings is 1. The maximum Gasteiger partial charge on any atom is 0.251 e. The fourth-order valence-corrected chi connectivity index (χ4v) is 2.17.